The summed E-state index contributed by atoms with van der Waals surface area (Å²) in [7, 11) is 0. The van der Waals surface area contributed by atoms with Gasteiger partial charge in [0.25, 0.3) is 11.5 Å². The molecule has 7 nitrogen and oxygen atoms in total. The molecule has 2 aromatic heterocycles. The van der Waals surface area contributed by atoms with Crippen molar-refractivity contribution in [1.82, 2.24) is 9.97 Å². The van der Waals surface area contributed by atoms with Gasteiger partial charge in [0.2, 0.25) is 0 Å². The molecule has 0 aliphatic carbocycles. The molecule has 174 valence electrons. The molecule has 2 heterocycles. The number of carbonyl (C=O) groups excluding carboxylic acids is 1. The number of furan rings is 1. The first-order chi connectivity index (χ1) is 17.1. The van der Waals surface area contributed by atoms with Crippen LogP contribution < -0.4 is 15.6 Å². The van der Waals surface area contributed by atoms with Gasteiger partial charge in [-0.15, -0.1) is 0 Å². The molecule has 0 spiro atoms. The van der Waals surface area contributed by atoms with Crippen molar-refractivity contribution >= 4 is 22.4 Å². The number of amides is 1. The molecular formula is C28H23N3O4. The predicted molar refractivity (Wildman–Crippen MR) is 135 cm³/mol. The maximum atomic E-state index is 12.7. The molecule has 5 aromatic rings. The lowest BCUT2D eigenvalue weighted by atomic mass is 10.1. The van der Waals surface area contributed by atoms with Crippen molar-refractivity contribution < 1.29 is 13.9 Å². The Balaban J connectivity index is 1.25. The molecule has 2 N–H and O–H groups in total. The third-order valence-electron chi connectivity index (χ3n) is 5.54. The lowest BCUT2D eigenvalue weighted by Gasteiger charge is -2.07. The van der Waals surface area contributed by atoms with Gasteiger partial charge in [-0.1, -0.05) is 49.4 Å². The highest BCUT2D eigenvalue weighted by atomic mass is 16.5. The number of aromatic nitrogens is 2. The zero-order chi connectivity index (χ0) is 24.2. The fraction of sp³-hybridized carbons (Fsp3) is 0.107. The molecule has 0 fully saturated rings. The summed E-state index contributed by atoms with van der Waals surface area (Å²) in [5.41, 5.74) is 1.74. The molecule has 35 heavy (non-hydrogen) atoms. The second kappa shape index (κ2) is 9.69. The highest BCUT2D eigenvalue weighted by molar-refractivity contribution is 6.02. The van der Waals surface area contributed by atoms with Gasteiger partial charge in [0.05, 0.1) is 0 Å². The van der Waals surface area contributed by atoms with E-state index in [1.165, 1.54) is 6.07 Å². The van der Waals surface area contributed by atoms with E-state index in [0.717, 1.165) is 16.5 Å². The van der Waals surface area contributed by atoms with Crippen LogP contribution in [0.25, 0.3) is 22.2 Å². The van der Waals surface area contributed by atoms with Crippen LogP contribution in [0.5, 0.6) is 5.75 Å². The van der Waals surface area contributed by atoms with Crippen molar-refractivity contribution in [2.45, 2.75) is 20.0 Å². The van der Waals surface area contributed by atoms with E-state index in [2.05, 4.69) is 15.3 Å². The van der Waals surface area contributed by atoms with E-state index < -0.39 is 0 Å². The minimum Gasteiger partial charge on any atom is -0.486 e. The van der Waals surface area contributed by atoms with E-state index in [-0.39, 0.29) is 23.8 Å². The first-order valence-corrected chi connectivity index (χ1v) is 11.3. The van der Waals surface area contributed by atoms with Gasteiger partial charge in [0.1, 0.15) is 23.9 Å². The Morgan fingerprint density at radius 2 is 1.83 bits per heavy atom. The lowest BCUT2D eigenvalue weighted by Crippen LogP contribution is -2.12. The molecule has 0 saturated heterocycles. The molecule has 1 amide bonds. The molecule has 7 heteroatoms. The van der Waals surface area contributed by atoms with Crippen LogP contribution in [0.4, 0.5) is 5.69 Å². The van der Waals surface area contributed by atoms with Crippen LogP contribution in [-0.4, -0.2) is 15.9 Å². The summed E-state index contributed by atoms with van der Waals surface area (Å²) in [4.78, 5) is 31.8. The van der Waals surface area contributed by atoms with E-state index in [1.54, 1.807) is 30.3 Å². The zero-order valence-corrected chi connectivity index (χ0v) is 19.1. The van der Waals surface area contributed by atoms with Crippen LogP contribution in [0.15, 0.2) is 94.1 Å². The summed E-state index contributed by atoms with van der Waals surface area (Å²) >= 11 is 0. The van der Waals surface area contributed by atoms with Gasteiger partial charge >= 0.3 is 0 Å². The number of anilines is 1. The third kappa shape index (κ3) is 5.14. The van der Waals surface area contributed by atoms with E-state index in [0.29, 0.717) is 35.0 Å². The summed E-state index contributed by atoms with van der Waals surface area (Å²) in [6, 6.07) is 25.9. The van der Waals surface area contributed by atoms with Gasteiger partial charge in [-0.3, -0.25) is 9.59 Å². The lowest BCUT2D eigenvalue weighted by molar-refractivity contribution is 0.0992. The number of fused-ring (bicyclic) bond motifs is 1. The van der Waals surface area contributed by atoms with Crippen molar-refractivity contribution in [3.05, 3.63) is 112 Å². The van der Waals surface area contributed by atoms with E-state index in [9.17, 15) is 9.59 Å². The number of hydrogen-bond acceptors (Lipinski definition) is 5. The number of aryl methyl sites for hydroxylation is 1. The molecule has 0 radical (unpaired) electrons. The zero-order valence-electron chi connectivity index (χ0n) is 19.1. The number of carbonyl (C=O) groups is 1. The predicted octanol–water partition coefficient (Wildman–Crippen LogP) is 5.58. The van der Waals surface area contributed by atoms with Crippen molar-refractivity contribution in [2.75, 3.05) is 5.32 Å². The van der Waals surface area contributed by atoms with Crippen molar-refractivity contribution in [3.8, 4) is 17.1 Å². The topological polar surface area (TPSA) is 97.2 Å². The van der Waals surface area contributed by atoms with Gasteiger partial charge in [-0.05, 0) is 53.6 Å². The SMILES string of the molecule is CCc1cc(=O)[nH]c(-c2cccc(NC(=O)c3ccc(COc4ccc5ccccc5c4)o3)c2)n1. The number of nitrogens with zero attached hydrogens (tertiary/aromatic N) is 1. The number of hydrogen-bond donors (Lipinski definition) is 2. The normalized spacial score (nSPS) is 10.9. The number of nitrogens with one attached hydrogen (secondary N) is 2. The largest absolute Gasteiger partial charge is 0.486 e. The molecule has 0 saturated carbocycles. The summed E-state index contributed by atoms with van der Waals surface area (Å²) in [5, 5.41) is 5.06. The molecular weight excluding hydrogens is 442 g/mol. The van der Waals surface area contributed by atoms with Gasteiger partial charge < -0.3 is 19.5 Å². The first-order valence-electron chi connectivity index (χ1n) is 11.3. The highest BCUT2D eigenvalue weighted by Gasteiger charge is 2.13. The molecule has 0 atom stereocenters. The highest BCUT2D eigenvalue weighted by Crippen LogP contribution is 2.23. The Morgan fingerprint density at radius 1 is 0.971 bits per heavy atom. The number of benzene rings is 3. The van der Waals surface area contributed by atoms with Crippen LogP contribution in [0.3, 0.4) is 0 Å². The minimum absolute atomic E-state index is 0.173. The van der Waals surface area contributed by atoms with Crippen LogP contribution in [0.2, 0.25) is 0 Å². The van der Waals surface area contributed by atoms with Crippen molar-refractivity contribution in [1.29, 1.82) is 0 Å². The average molecular weight is 466 g/mol. The number of ether oxygens (including phenoxy) is 1. The number of aromatic amines is 1. The molecule has 5 rings (SSSR count). The quantitative estimate of drug-likeness (QED) is 0.327. The average Bonchev–Trinajstić information content (AvgIpc) is 3.36. The van der Waals surface area contributed by atoms with Crippen LogP contribution in [-0.2, 0) is 13.0 Å². The smallest absolute Gasteiger partial charge is 0.291 e. The van der Waals surface area contributed by atoms with Crippen LogP contribution in [0.1, 0.15) is 28.9 Å². The van der Waals surface area contributed by atoms with Gasteiger partial charge in [0.15, 0.2) is 5.76 Å². The summed E-state index contributed by atoms with van der Waals surface area (Å²) in [6.45, 7) is 2.14. The molecule has 0 bridgehead atoms. The van der Waals surface area contributed by atoms with Crippen molar-refractivity contribution in [3.63, 3.8) is 0 Å². The van der Waals surface area contributed by atoms with Crippen LogP contribution in [0, 0.1) is 0 Å². The van der Waals surface area contributed by atoms with E-state index in [1.807, 2.05) is 55.5 Å². The molecule has 0 aliphatic heterocycles. The van der Waals surface area contributed by atoms with Crippen molar-refractivity contribution in [2.24, 2.45) is 0 Å². The minimum atomic E-state index is -0.386. The standard InChI is InChI=1S/C28H23N3O4/c1-2-21-16-26(32)31-27(29-21)20-8-5-9-22(14-20)30-28(33)25-13-12-24(35-25)17-34-23-11-10-18-6-3-4-7-19(18)15-23/h3-16H,2,17H2,1H3,(H,30,33)(H,29,31,32). The summed E-state index contributed by atoms with van der Waals surface area (Å²) in [6.07, 6.45) is 0.652. The molecule has 3 aromatic carbocycles. The Kier molecular flexibility index (Phi) is 6.13. The molecule has 0 unspecified atom stereocenters. The van der Waals surface area contributed by atoms with E-state index in [4.69, 9.17) is 9.15 Å². The monoisotopic (exact) mass is 465 g/mol. The Morgan fingerprint density at radius 3 is 2.69 bits per heavy atom. The number of H-pyrrole nitrogens is 1. The Hall–Kier alpha value is -4.65. The second-order valence-corrected chi connectivity index (χ2v) is 8.04. The third-order valence-corrected chi connectivity index (χ3v) is 5.54. The van der Waals surface area contributed by atoms with Gasteiger partial charge in [-0.25, -0.2) is 4.98 Å². The fourth-order valence-corrected chi connectivity index (χ4v) is 3.75. The first kappa shape index (κ1) is 22.2. The molecule has 0 aliphatic rings. The Labute approximate surface area is 201 Å². The second-order valence-electron chi connectivity index (χ2n) is 8.04. The van der Waals surface area contributed by atoms with Crippen LogP contribution >= 0.6 is 0 Å². The maximum Gasteiger partial charge on any atom is 0.291 e. The maximum absolute atomic E-state index is 12.7. The number of rotatable bonds is 7. The van der Waals surface area contributed by atoms with Gasteiger partial charge in [-0.2, -0.15) is 0 Å². The summed E-state index contributed by atoms with van der Waals surface area (Å²) < 4.78 is 11.5. The summed E-state index contributed by atoms with van der Waals surface area (Å²) in [5.74, 6) is 1.50. The Bertz CT molecular complexity index is 1570. The van der Waals surface area contributed by atoms with Gasteiger partial charge in [0, 0.05) is 23.0 Å². The fourth-order valence-electron chi connectivity index (χ4n) is 3.75. The van der Waals surface area contributed by atoms with E-state index >= 15 is 0 Å².